The molecule has 18 heavy (non-hydrogen) atoms. The maximum absolute atomic E-state index is 5.61. The van der Waals surface area contributed by atoms with Crippen LogP contribution in [0.25, 0.3) is 0 Å². The molecule has 1 atom stereocenters. The fourth-order valence-corrected chi connectivity index (χ4v) is 2.09. The van der Waals surface area contributed by atoms with Crippen LogP contribution in [0.3, 0.4) is 0 Å². The number of ether oxygens (including phenoxy) is 1. The van der Waals surface area contributed by atoms with Crippen LogP contribution < -0.4 is 10.1 Å². The molecule has 1 N–H and O–H groups in total. The standard InChI is InChI=1S/C13H15BrN2O2/c1-3-16-13(11-4-5-12(14)18-11)9-6-10(17-2)8-15-7-9/h4-8,13,16H,3H2,1-2H3. The molecular formula is C13H15BrN2O2. The zero-order valence-electron chi connectivity index (χ0n) is 10.3. The number of halogens is 1. The second-order valence-corrected chi connectivity index (χ2v) is 4.57. The van der Waals surface area contributed by atoms with Gasteiger partial charge in [-0.2, -0.15) is 0 Å². The molecular weight excluding hydrogens is 296 g/mol. The molecule has 96 valence electrons. The Morgan fingerprint density at radius 2 is 2.28 bits per heavy atom. The number of nitrogens with one attached hydrogen (secondary N) is 1. The minimum absolute atomic E-state index is 0.0242. The Balaban J connectivity index is 2.34. The smallest absolute Gasteiger partial charge is 0.169 e. The van der Waals surface area contributed by atoms with E-state index in [9.17, 15) is 0 Å². The van der Waals surface area contributed by atoms with Crippen molar-refractivity contribution in [1.29, 1.82) is 0 Å². The average molecular weight is 311 g/mol. The summed E-state index contributed by atoms with van der Waals surface area (Å²) in [6, 6.07) is 5.75. The first kappa shape index (κ1) is 13.1. The summed E-state index contributed by atoms with van der Waals surface area (Å²) in [6.45, 7) is 2.89. The fraction of sp³-hybridized carbons (Fsp3) is 0.308. The highest BCUT2D eigenvalue weighted by atomic mass is 79.9. The lowest BCUT2D eigenvalue weighted by Crippen LogP contribution is -2.21. The van der Waals surface area contributed by atoms with Gasteiger partial charge in [-0.1, -0.05) is 6.92 Å². The van der Waals surface area contributed by atoms with Gasteiger partial charge < -0.3 is 14.5 Å². The molecule has 0 radical (unpaired) electrons. The molecule has 0 fully saturated rings. The molecule has 1 unspecified atom stereocenters. The van der Waals surface area contributed by atoms with Crippen molar-refractivity contribution in [1.82, 2.24) is 10.3 Å². The first-order valence-corrected chi connectivity index (χ1v) is 6.51. The van der Waals surface area contributed by atoms with Crippen molar-refractivity contribution in [3.05, 3.63) is 46.6 Å². The Hall–Kier alpha value is -1.33. The van der Waals surface area contributed by atoms with Crippen molar-refractivity contribution in [2.24, 2.45) is 0 Å². The molecule has 2 aromatic rings. The lowest BCUT2D eigenvalue weighted by molar-refractivity contribution is 0.408. The molecule has 0 bridgehead atoms. The highest BCUT2D eigenvalue weighted by molar-refractivity contribution is 9.10. The number of furan rings is 1. The zero-order chi connectivity index (χ0) is 13.0. The molecule has 2 rings (SSSR count). The minimum Gasteiger partial charge on any atom is -0.495 e. The number of methoxy groups -OCH3 is 1. The van der Waals surface area contributed by atoms with E-state index in [2.05, 4.69) is 33.2 Å². The highest BCUT2D eigenvalue weighted by Crippen LogP contribution is 2.27. The lowest BCUT2D eigenvalue weighted by atomic mass is 10.1. The third-order valence-corrected chi connectivity index (χ3v) is 3.02. The predicted molar refractivity (Wildman–Crippen MR) is 72.7 cm³/mol. The van der Waals surface area contributed by atoms with E-state index < -0.39 is 0 Å². The molecule has 5 heteroatoms. The van der Waals surface area contributed by atoms with Crippen LogP contribution in [0.1, 0.15) is 24.3 Å². The van der Waals surface area contributed by atoms with Crippen molar-refractivity contribution in [2.75, 3.05) is 13.7 Å². The fourth-order valence-electron chi connectivity index (χ4n) is 1.78. The first-order valence-electron chi connectivity index (χ1n) is 5.72. The number of hydrogen-bond donors (Lipinski definition) is 1. The van der Waals surface area contributed by atoms with E-state index in [1.54, 1.807) is 13.3 Å². The topological polar surface area (TPSA) is 47.3 Å². The summed E-state index contributed by atoms with van der Waals surface area (Å²) in [5.74, 6) is 1.58. The minimum atomic E-state index is -0.0242. The lowest BCUT2D eigenvalue weighted by Gasteiger charge is -2.16. The Morgan fingerprint density at radius 1 is 1.44 bits per heavy atom. The van der Waals surface area contributed by atoms with E-state index in [1.165, 1.54) is 0 Å². The van der Waals surface area contributed by atoms with Gasteiger partial charge in [-0.05, 0) is 46.2 Å². The van der Waals surface area contributed by atoms with Gasteiger partial charge in [0, 0.05) is 6.20 Å². The molecule has 0 aliphatic rings. The predicted octanol–water partition coefficient (Wildman–Crippen LogP) is 3.14. The Kier molecular flexibility index (Phi) is 4.38. The van der Waals surface area contributed by atoms with E-state index >= 15 is 0 Å². The highest BCUT2D eigenvalue weighted by Gasteiger charge is 2.17. The molecule has 2 aromatic heterocycles. The first-order chi connectivity index (χ1) is 8.74. The molecule has 0 aliphatic carbocycles. The maximum Gasteiger partial charge on any atom is 0.169 e. The Labute approximate surface area is 114 Å². The summed E-state index contributed by atoms with van der Waals surface area (Å²) in [7, 11) is 1.63. The number of rotatable bonds is 5. The maximum atomic E-state index is 5.61. The van der Waals surface area contributed by atoms with E-state index in [0.717, 1.165) is 28.3 Å². The number of aromatic nitrogens is 1. The molecule has 0 saturated carbocycles. The van der Waals surface area contributed by atoms with Crippen LogP contribution in [0, 0.1) is 0 Å². The third kappa shape index (κ3) is 2.91. The summed E-state index contributed by atoms with van der Waals surface area (Å²) in [4.78, 5) is 4.17. The van der Waals surface area contributed by atoms with Gasteiger partial charge in [-0.25, -0.2) is 0 Å². The van der Waals surface area contributed by atoms with E-state index in [4.69, 9.17) is 9.15 Å². The van der Waals surface area contributed by atoms with Gasteiger partial charge in [0.15, 0.2) is 4.67 Å². The molecule has 0 spiro atoms. The van der Waals surface area contributed by atoms with Crippen LogP contribution in [-0.2, 0) is 0 Å². The normalized spacial score (nSPS) is 12.4. The van der Waals surface area contributed by atoms with Crippen LogP contribution in [0.15, 0.2) is 39.7 Å². The summed E-state index contributed by atoms with van der Waals surface area (Å²) in [6.07, 6.45) is 3.50. The number of hydrogen-bond acceptors (Lipinski definition) is 4. The van der Waals surface area contributed by atoms with Crippen molar-refractivity contribution >= 4 is 15.9 Å². The quantitative estimate of drug-likeness (QED) is 0.921. The van der Waals surface area contributed by atoms with Crippen LogP contribution in [0.2, 0.25) is 0 Å². The van der Waals surface area contributed by atoms with E-state index in [1.807, 2.05) is 24.4 Å². The van der Waals surface area contributed by atoms with Crippen LogP contribution in [0.4, 0.5) is 0 Å². The van der Waals surface area contributed by atoms with Gasteiger partial charge in [0.05, 0.1) is 19.3 Å². The Bertz CT molecular complexity index is 513. The van der Waals surface area contributed by atoms with Gasteiger partial charge >= 0.3 is 0 Å². The molecule has 0 aromatic carbocycles. The van der Waals surface area contributed by atoms with Gasteiger partial charge in [0.25, 0.3) is 0 Å². The van der Waals surface area contributed by atoms with Crippen LogP contribution >= 0.6 is 15.9 Å². The van der Waals surface area contributed by atoms with Gasteiger partial charge in [0.2, 0.25) is 0 Å². The number of nitrogens with zero attached hydrogens (tertiary/aromatic N) is 1. The third-order valence-electron chi connectivity index (χ3n) is 2.59. The van der Waals surface area contributed by atoms with E-state index in [-0.39, 0.29) is 6.04 Å². The SMILES string of the molecule is CCNC(c1cncc(OC)c1)c1ccc(Br)o1. The summed E-state index contributed by atoms with van der Waals surface area (Å²) in [5.41, 5.74) is 1.01. The van der Waals surface area contributed by atoms with Gasteiger partial charge in [0.1, 0.15) is 11.5 Å². The van der Waals surface area contributed by atoms with Crippen molar-refractivity contribution in [3.63, 3.8) is 0 Å². The zero-order valence-corrected chi connectivity index (χ0v) is 11.9. The monoisotopic (exact) mass is 310 g/mol. The molecule has 0 saturated heterocycles. The largest absolute Gasteiger partial charge is 0.495 e. The van der Waals surface area contributed by atoms with Crippen LogP contribution in [-0.4, -0.2) is 18.6 Å². The van der Waals surface area contributed by atoms with E-state index in [0.29, 0.717) is 0 Å². The molecule has 4 nitrogen and oxygen atoms in total. The van der Waals surface area contributed by atoms with Crippen molar-refractivity contribution in [3.8, 4) is 5.75 Å². The van der Waals surface area contributed by atoms with Crippen molar-refractivity contribution < 1.29 is 9.15 Å². The summed E-state index contributed by atoms with van der Waals surface area (Å²) in [5, 5.41) is 3.37. The van der Waals surface area contributed by atoms with Crippen molar-refractivity contribution in [2.45, 2.75) is 13.0 Å². The molecule has 0 amide bonds. The molecule has 2 heterocycles. The summed E-state index contributed by atoms with van der Waals surface area (Å²) < 4.78 is 11.5. The summed E-state index contributed by atoms with van der Waals surface area (Å²) >= 11 is 3.32. The van der Waals surface area contributed by atoms with Gasteiger partial charge in [-0.3, -0.25) is 4.98 Å². The molecule has 0 aliphatic heterocycles. The number of pyridine rings is 1. The second kappa shape index (κ2) is 6.02. The van der Waals surface area contributed by atoms with Gasteiger partial charge in [-0.15, -0.1) is 0 Å². The second-order valence-electron chi connectivity index (χ2n) is 3.79. The van der Waals surface area contributed by atoms with Crippen LogP contribution in [0.5, 0.6) is 5.75 Å². The average Bonchev–Trinajstić information content (AvgIpc) is 2.82. The Morgan fingerprint density at radius 3 is 2.89 bits per heavy atom.